The first-order chi connectivity index (χ1) is 9.50. The van der Waals surface area contributed by atoms with Gasteiger partial charge in [-0.3, -0.25) is 4.79 Å². The SMILES string of the molecule is Cc1ccc(C2CCCCN2C(=O)C(C)C(C)N)cc1. The van der Waals surface area contributed by atoms with Gasteiger partial charge < -0.3 is 10.6 Å². The van der Waals surface area contributed by atoms with Crippen LogP contribution in [0.5, 0.6) is 0 Å². The Kier molecular flexibility index (Phi) is 4.81. The molecular formula is C17H26N2O. The molecule has 3 unspecified atom stereocenters. The molecule has 0 radical (unpaired) electrons. The third kappa shape index (κ3) is 3.21. The van der Waals surface area contributed by atoms with Crippen molar-refractivity contribution in [2.75, 3.05) is 6.54 Å². The summed E-state index contributed by atoms with van der Waals surface area (Å²) in [6, 6.07) is 8.69. The van der Waals surface area contributed by atoms with Crippen molar-refractivity contribution >= 4 is 5.91 Å². The summed E-state index contributed by atoms with van der Waals surface area (Å²) in [6.07, 6.45) is 3.34. The molecule has 3 nitrogen and oxygen atoms in total. The Labute approximate surface area is 122 Å². The van der Waals surface area contributed by atoms with Crippen molar-refractivity contribution in [3.05, 3.63) is 35.4 Å². The molecule has 1 aliphatic rings. The second-order valence-corrected chi connectivity index (χ2v) is 6.10. The zero-order chi connectivity index (χ0) is 14.7. The van der Waals surface area contributed by atoms with Crippen molar-refractivity contribution in [2.24, 2.45) is 11.7 Å². The number of hydrogen-bond donors (Lipinski definition) is 1. The lowest BCUT2D eigenvalue weighted by atomic mass is 9.92. The van der Waals surface area contributed by atoms with Gasteiger partial charge in [0.05, 0.1) is 12.0 Å². The van der Waals surface area contributed by atoms with Gasteiger partial charge >= 0.3 is 0 Å². The lowest BCUT2D eigenvalue weighted by Gasteiger charge is -2.38. The van der Waals surface area contributed by atoms with Crippen molar-refractivity contribution in [3.8, 4) is 0 Å². The summed E-state index contributed by atoms with van der Waals surface area (Å²) < 4.78 is 0. The van der Waals surface area contributed by atoms with E-state index in [1.54, 1.807) is 0 Å². The van der Waals surface area contributed by atoms with Crippen LogP contribution in [0.4, 0.5) is 0 Å². The van der Waals surface area contributed by atoms with Crippen molar-refractivity contribution in [2.45, 2.75) is 52.1 Å². The van der Waals surface area contributed by atoms with Gasteiger partial charge in [-0.05, 0) is 38.7 Å². The fourth-order valence-electron chi connectivity index (χ4n) is 2.82. The van der Waals surface area contributed by atoms with Crippen molar-refractivity contribution in [1.82, 2.24) is 4.90 Å². The zero-order valence-corrected chi connectivity index (χ0v) is 12.8. The summed E-state index contributed by atoms with van der Waals surface area (Å²) in [7, 11) is 0. The quantitative estimate of drug-likeness (QED) is 0.921. The summed E-state index contributed by atoms with van der Waals surface area (Å²) in [4.78, 5) is 14.7. The van der Waals surface area contributed by atoms with Crippen LogP contribution in [0.3, 0.4) is 0 Å². The van der Waals surface area contributed by atoms with Gasteiger partial charge in [-0.15, -0.1) is 0 Å². The highest BCUT2D eigenvalue weighted by Crippen LogP contribution is 2.32. The van der Waals surface area contributed by atoms with E-state index in [9.17, 15) is 4.79 Å². The maximum absolute atomic E-state index is 12.6. The molecule has 110 valence electrons. The number of rotatable bonds is 3. The Morgan fingerprint density at radius 1 is 1.25 bits per heavy atom. The number of aryl methyl sites for hydroxylation is 1. The number of piperidine rings is 1. The largest absolute Gasteiger partial charge is 0.335 e. The van der Waals surface area contributed by atoms with Crippen LogP contribution in [0.1, 0.15) is 50.3 Å². The molecule has 0 aliphatic carbocycles. The van der Waals surface area contributed by atoms with Gasteiger partial charge in [0.1, 0.15) is 0 Å². The van der Waals surface area contributed by atoms with Crippen molar-refractivity contribution in [3.63, 3.8) is 0 Å². The molecule has 1 aliphatic heterocycles. The maximum atomic E-state index is 12.6. The van der Waals surface area contributed by atoms with Crippen LogP contribution in [0.25, 0.3) is 0 Å². The first-order valence-electron chi connectivity index (χ1n) is 7.63. The van der Waals surface area contributed by atoms with Crippen molar-refractivity contribution in [1.29, 1.82) is 0 Å². The van der Waals surface area contributed by atoms with E-state index < -0.39 is 0 Å². The minimum absolute atomic E-state index is 0.0944. The normalized spacial score (nSPS) is 22.4. The van der Waals surface area contributed by atoms with E-state index in [0.29, 0.717) is 0 Å². The zero-order valence-electron chi connectivity index (χ0n) is 12.8. The summed E-state index contributed by atoms with van der Waals surface area (Å²) >= 11 is 0. The van der Waals surface area contributed by atoms with E-state index in [2.05, 4.69) is 31.2 Å². The number of amides is 1. The van der Waals surface area contributed by atoms with Crippen molar-refractivity contribution < 1.29 is 4.79 Å². The number of benzene rings is 1. The Balaban J connectivity index is 2.21. The van der Waals surface area contributed by atoms with Crippen LogP contribution in [-0.2, 0) is 4.79 Å². The summed E-state index contributed by atoms with van der Waals surface area (Å²) in [5.41, 5.74) is 8.41. The number of carbonyl (C=O) groups excluding carboxylic acids is 1. The fourth-order valence-corrected chi connectivity index (χ4v) is 2.82. The minimum Gasteiger partial charge on any atom is -0.335 e. The minimum atomic E-state index is -0.110. The van der Waals surface area contributed by atoms with Gasteiger partial charge in [-0.1, -0.05) is 36.8 Å². The van der Waals surface area contributed by atoms with Gasteiger partial charge in [0.15, 0.2) is 0 Å². The standard InChI is InChI=1S/C17H26N2O/c1-12-7-9-15(10-8-12)16-6-4-5-11-19(16)17(20)13(2)14(3)18/h7-10,13-14,16H,4-6,11,18H2,1-3H3. The van der Waals surface area contributed by atoms with Crippen LogP contribution >= 0.6 is 0 Å². The highest BCUT2D eigenvalue weighted by atomic mass is 16.2. The number of nitrogens with two attached hydrogens (primary N) is 1. The molecule has 1 aromatic rings. The number of hydrogen-bond acceptors (Lipinski definition) is 2. The van der Waals surface area contributed by atoms with Crippen LogP contribution in [0.15, 0.2) is 24.3 Å². The van der Waals surface area contributed by atoms with Crippen LogP contribution < -0.4 is 5.73 Å². The molecule has 3 heteroatoms. The second kappa shape index (κ2) is 6.40. The average Bonchev–Trinajstić information content (AvgIpc) is 2.46. The number of carbonyl (C=O) groups is 1. The molecule has 1 saturated heterocycles. The Morgan fingerprint density at radius 2 is 1.90 bits per heavy atom. The van der Waals surface area contributed by atoms with Gasteiger partial charge in [0, 0.05) is 12.6 Å². The summed E-state index contributed by atoms with van der Waals surface area (Å²) in [5.74, 6) is 0.0892. The first-order valence-corrected chi connectivity index (χ1v) is 7.63. The average molecular weight is 274 g/mol. The molecule has 0 spiro atoms. The molecule has 1 aromatic carbocycles. The Morgan fingerprint density at radius 3 is 2.50 bits per heavy atom. The predicted molar refractivity (Wildman–Crippen MR) is 82.3 cm³/mol. The van der Waals surface area contributed by atoms with Gasteiger partial charge in [0.2, 0.25) is 5.91 Å². The van der Waals surface area contributed by atoms with E-state index in [1.165, 1.54) is 17.5 Å². The highest BCUT2D eigenvalue weighted by molar-refractivity contribution is 5.79. The fraction of sp³-hybridized carbons (Fsp3) is 0.588. The van der Waals surface area contributed by atoms with Crippen LogP contribution in [-0.4, -0.2) is 23.4 Å². The third-order valence-electron chi connectivity index (χ3n) is 4.43. The number of nitrogens with zero attached hydrogens (tertiary/aromatic N) is 1. The van der Waals surface area contributed by atoms with Crippen LogP contribution in [0, 0.1) is 12.8 Å². The summed E-state index contributed by atoms with van der Waals surface area (Å²) in [5, 5.41) is 0. The van der Waals surface area contributed by atoms with E-state index in [1.807, 2.05) is 18.7 Å². The lowest BCUT2D eigenvalue weighted by Crippen LogP contribution is -2.45. The molecular weight excluding hydrogens is 248 g/mol. The molecule has 2 rings (SSSR count). The van der Waals surface area contributed by atoms with Gasteiger partial charge in [-0.2, -0.15) is 0 Å². The molecule has 3 atom stereocenters. The monoisotopic (exact) mass is 274 g/mol. The Hall–Kier alpha value is -1.35. The topological polar surface area (TPSA) is 46.3 Å². The maximum Gasteiger partial charge on any atom is 0.227 e. The van der Waals surface area contributed by atoms with E-state index in [-0.39, 0.29) is 23.9 Å². The molecule has 1 amide bonds. The van der Waals surface area contributed by atoms with E-state index in [0.717, 1.165) is 19.4 Å². The van der Waals surface area contributed by atoms with E-state index >= 15 is 0 Å². The molecule has 20 heavy (non-hydrogen) atoms. The number of likely N-dealkylation sites (tertiary alicyclic amines) is 1. The molecule has 0 aromatic heterocycles. The first kappa shape index (κ1) is 15.0. The molecule has 1 heterocycles. The predicted octanol–water partition coefficient (Wildman–Crippen LogP) is 3.03. The van der Waals surface area contributed by atoms with E-state index in [4.69, 9.17) is 5.73 Å². The smallest absolute Gasteiger partial charge is 0.227 e. The van der Waals surface area contributed by atoms with Gasteiger partial charge in [0.25, 0.3) is 0 Å². The third-order valence-corrected chi connectivity index (χ3v) is 4.43. The highest BCUT2D eigenvalue weighted by Gasteiger charge is 2.31. The Bertz CT molecular complexity index is 453. The molecule has 0 bridgehead atoms. The van der Waals surface area contributed by atoms with Gasteiger partial charge in [-0.25, -0.2) is 0 Å². The molecule has 1 fully saturated rings. The molecule has 0 saturated carbocycles. The molecule has 2 N–H and O–H groups in total. The lowest BCUT2D eigenvalue weighted by molar-refractivity contribution is -0.139. The second-order valence-electron chi connectivity index (χ2n) is 6.10. The summed E-state index contributed by atoms with van der Waals surface area (Å²) in [6.45, 7) is 6.79. The van der Waals surface area contributed by atoms with Crippen LogP contribution in [0.2, 0.25) is 0 Å².